The van der Waals surface area contributed by atoms with Crippen LogP contribution in [0, 0.1) is 0 Å². The van der Waals surface area contributed by atoms with E-state index < -0.39 is 0 Å². The number of nitrogens with zero attached hydrogens (tertiary/aromatic N) is 2. The highest BCUT2D eigenvalue weighted by molar-refractivity contribution is 5.77. The fraction of sp³-hybridized carbons (Fsp3) is 0.300. The van der Waals surface area contributed by atoms with E-state index in [4.69, 9.17) is 4.74 Å². The topological polar surface area (TPSA) is 56.1 Å². The SMILES string of the molecule is COc1ccccc1CCC(=O)NCCc1nc2ccccc2n1C. The summed E-state index contributed by atoms with van der Waals surface area (Å²) in [6.07, 6.45) is 1.83. The molecule has 0 radical (unpaired) electrons. The quantitative estimate of drug-likeness (QED) is 0.721. The summed E-state index contributed by atoms with van der Waals surface area (Å²) in [6.45, 7) is 0.585. The third-order valence-corrected chi connectivity index (χ3v) is 4.36. The van der Waals surface area contributed by atoms with Gasteiger partial charge in [-0.2, -0.15) is 0 Å². The molecule has 5 heteroatoms. The molecule has 0 aliphatic rings. The van der Waals surface area contributed by atoms with Gasteiger partial charge in [-0.05, 0) is 30.2 Å². The van der Waals surface area contributed by atoms with Crippen LogP contribution in [0.5, 0.6) is 5.75 Å². The number of rotatable bonds is 7. The van der Waals surface area contributed by atoms with E-state index in [-0.39, 0.29) is 5.91 Å². The van der Waals surface area contributed by atoms with Crippen LogP contribution in [0.1, 0.15) is 17.8 Å². The number of aromatic nitrogens is 2. The molecule has 0 fully saturated rings. The summed E-state index contributed by atoms with van der Waals surface area (Å²) in [7, 11) is 3.66. The van der Waals surface area contributed by atoms with Crippen molar-refractivity contribution in [1.82, 2.24) is 14.9 Å². The molecule has 0 bridgehead atoms. The van der Waals surface area contributed by atoms with Crippen LogP contribution in [-0.2, 0) is 24.7 Å². The molecule has 2 aromatic carbocycles. The number of methoxy groups -OCH3 is 1. The number of nitrogens with one attached hydrogen (secondary N) is 1. The number of para-hydroxylation sites is 3. The predicted molar refractivity (Wildman–Crippen MR) is 98.7 cm³/mol. The highest BCUT2D eigenvalue weighted by Crippen LogP contribution is 2.18. The number of fused-ring (bicyclic) bond motifs is 1. The van der Waals surface area contributed by atoms with E-state index in [0.29, 0.717) is 25.8 Å². The molecule has 3 aromatic rings. The standard InChI is InChI=1S/C20H23N3O2/c1-23-17-9-5-4-8-16(17)22-19(23)13-14-21-20(24)12-11-15-7-3-6-10-18(15)25-2/h3-10H,11-14H2,1-2H3,(H,21,24). The zero-order valence-electron chi connectivity index (χ0n) is 14.7. The normalized spacial score (nSPS) is 10.8. The highest BCUT2D eigenvalue weighted by Gasteiger charge is 2.09. The van der Waals surface area contributed by atoms with Crippen LogP contribution >= 0.6 is 0 Å². The fourth-order valence-electron chi connectivity index (χ4n) is 2.98. The second kappa shape index (κ2) is 7.83. The number of amides is 1. The van der Waals surface area contributed by atoms with E-state index in [9.17, 15) is 4.79 Å². The lowest BCUT2D eigenvalue weighted by Crippen LogP contribution is -2.26. The van der Waals surface area contributed by atoms with Gasteiger partial charge in [0.15, 0.2) is 0 Å². The van der Waals surface area contributed by atoms with Crippen molar-refractivity contribution >= 4 is 16.9 Å². The first-order chi connectivity index (χ1) is 12.2. The lowest BCUT2D eigenvalue weighted by Gasteiger charge is -2.08. The summed E-state index contributed by atoms with van der Waals surface area (Å²) in [5.41, 5.74) is 3.15. The minimum absolute atomic E-state index is 0.0460. The largest absolute Gasteiger partial charge is 0.496 e. The van der Waals surface area contributed by atoms with E-state index in [1.54, 1.807) is 7.11 Å². The minimum atomic E-state index is 0.0460. The van der Waals surface area contributed by atoms with Gasteiger partial charge in [0.1, 0.15) is 11.6 Å². The summed E-state index contributed by atoms with van der Waals surface area (Å²) < 4.78 is 7.40. The van der Waals surface area contributed by atoms with Crippen LogP contribution in [0.4, 0.5) is 0 Å². The van der Waals surface area contributed by atoms with Gasteiger partial charge in [-0.25, -0.2) is 4.98 Å². The number of benzene rings is 2. The second-order valence-electron chi connectivity index (χ2n) is 5.99. The van der Waals surface area contributed by atoms with Crippen molar-refractivity contribution in [3.8, 4) is 5.75 Å². The average Bonchev–Trinajstić information content (AvgIpc) is 2.96. The molecule has 25 heavy (non-hydrogen) atoms. The van der Waals surface area contributed by atoms with E-state index in [0.717, 1.165) is 28.2 Å². The van der Waals surface area contributed by atoms with Crippen LogP contribution in [0.3, 0.4) is 0 Å². The van der Waals surface area contributed by atoms with E-state index in [2.05, 4.69) is 20.9 Å². The molecule has 0 saturated carbocycles. The maximum atomic E-state index is 12.1. The van der Waals surface area contributed by atoms with E-state index >= 15 is 0 Å². The highest BCUT2D eigenvalue weighted by atomic mass is 16.5. The smallest absolute Gasteiger partial charge is 0.220 e. The van der Waals surface area contributed by atoms with Crippen LogP contribution in [0.25, 0.3) is 11.0 Å². The monoisotopic (exact) mass is 337 g/mol. The van der Waals surface area contributed by atoms with Gasteiger partial charge in [0, 0.05) is 26.4 Å². The second-order valence-corrected chi connectivity index (χ2v) is 5.99. The maximum Gasteiger partial charge on any atom is 0.220 e. The Morgan fingerprint density at radius 2 is 1.88 bits per heavy atom. The molecule has 1 aromatic heterocycles. The number of aryl methyl sites for hydroxylation is 2. The van der Waals surface area contributed by atoms with Crippen LogP contribution in [0.2, 0.25) is 0 Å². The zero-order chi connectivity index (χ0) is 17.6. The maximum absolute atomic E-state index is 12.1. The zero-order valence-corrected chi connectivity index (χ0v) is 14.7. The van der Waals surface area contributed by atoms with Crippen molar-refractivity contribution in [2.75, 3.05) is 13.7 Å². The predicted octanol–water partition coefficient (Wildman–Crippen LogP) is 2.87. The van der Waals surface area contributed by atoms with E-state index in [1.165, 1.54) is 0 Å². The molecule has 1 heterocycles. The number of imidazole rings is 1. The van der Waals surface area contributed by atoms with Gasteiger partial charge >= 0.3 is 0 Å². The van der Waals surface area contributed by atoms with Gasteiger partial charge in [0.05, 0.1) is 18.1 Å². The van der Waals surface area contributed by atoms with Crippen molar-refractivity contribution in [3.05, 3.63) is 59.9 Å². The molecule has 0 unspecified atom stereocenters. The number of ether oxygens (including phenoxy) is 1. The third-order valence-electron chi connectivity index (χ3n) is 4.36. The fourth-order valence-corrected chi connectivity index (χ4v) is 2.98. The van der Waals surface area contributed by atoms with Crippen molar-refractivity contribution < 1.29 is 9.53 Å². The minimum Gasteiger partial charge on any atom is -0.496 e. The Labute approximate surface area is 147 Å². The molecule has 5 nitrogen and oxygen atoms in total. The Morgan fingerprint density at radius 1 is 1.12 bits per heavy atom. The molecule has 0 atom stereocenters. The van der Waals surface area contributed by atoms with Gasteiger partial charge in [-0.3, -0.25) is 4.79 Å². The summed E-state index contributed by atoms with van der Waals surface area (Å²) in [5, 5.41) is 2.98. The first kappa shape index (κ1) is 17.0. The van der Waals surface area contributed by atoms with Crippen LogP contribution < -0.4 is 10.1 Å². The summed E-state index contributed by atoms with van der Waals surface area (Å²) in [5.74, 6) is 1.85. The van der Waals surface area contributed by atoms with Gasteiger partial charge in [-0.1, -0.05) is 30.3 Å². The number of hydrogen-bond acceptors (Lipinski definition) is 3. The van der Waals surface area contributed by atoms with E-state index in [1.807, 2.05) is 49.5 Å². The van der Waals surface area contributed by atoms with Gasteiger partial charge in [-0.15, -0.1) is 0 Å². The number of carbonyl (C=O) groups is 1. The van der Waals surface area contributed by atoms with Crippen molar-refractivity contribution in [3.63, 3.8) is 0 Å². The van der Waals surface area contributed by atoms with Gasteiger partial charge < -0.3 is 14.6 Å². The van der Waals surface area contributed by atoms with Gasteiger partial charge in [0.2, 0.25) is 5.91 Å². The lowest BCUT2D eigenvalue weighted by molar-refractivity contribution is -0.121. The summed E-state index contributed by atoms with van der Waals surface area (Å²) >= 11 is 0. The Hall–Kier alpha value is -2.82. The molecule has 3 rings (SSSR count). The first-order valence-corrected chi connectivity index (χ1v) is 8.48. The summed E-state index contributed by atoms with van der Waals surface area (Å²) in [6, 6.07) is 15.8. The Balaban J connectivity index is 1.50. The lowest BCUT2D eigenvalue weighted by atomic mass is 10.1. The molecule has 1 amide bonds. The molecule has 1 N–H and O–H groups in total. The van der Waals surface area contributed by atoms with Gasteiger partial charge in [0.25, 0.3) is 0 Å². The Bertz CT molecular complexity index is 870. The molecule has 0 aliphatic carbocycles. The van der Waals surface area contributed by atoms with Crippen molar-refractivity contribution in [2.45, 2.75) is 19.3 Å². The summed E-state index contributed by atoms with van der Waals surface area (Å²) in [4.78, 5) is 16.7. The molecule has 0 aliphatic heterocycles. The van der Waals surface area contributed by atoms with Crippen molar-refractivity contribution in [2.24, 2.45) is 7.05 Å². The number of carbonyl (C=O) groups excluding carboxylic acids is 1. The number of hydrogen-bond donors (Lipinski definition) is 1. The molecule has 0 saturated heterocycles. The first-order valence-electron chi connectivity index (χ1n) is 8.48. The molecular weight excluding hydrogens is 314 g/mol. The third kappa shape index (κ3) is 3.99. The molecule has 130 valence electrons. The molecular formula is C20H23N3O2. The van der Waals surface area contributed by atoms with Crippen LogP contribution in [-0.4, -0.2) is 29.1 Å². The Kier molecular flexibility index (Phi) is 5.33. The Morgan fingerprint density at radius 3 is 2.68 bits per heavy atom. The van der Waals surface area contributed by atoms with Crippen LogP contribution in [0.15, 0.2) is 48.5 Å². The van der Waals surface area contributed by atoms with Crippen molar-refractivity contribution in [1.29, 1.82) is 0 Å². The molecule has 0 spiro atoms. The average molecular weight is 337 g/mol.